The molecule has 0 bridgehead atoms. The lowest BCUT2D eigenvalue weighted by molar-refractivity contribution is 0.0875. The van der Waals surface area contributed by atoms with E-state index in [1.54, 1.807) is 6.33 Å². The Labute approximate surface area is 115 Å². The van der Waals surface area contributed by atoms with Gasteiger partial charge in [-0.3, -0.25) is 0 Å². The van der Waals surface area contributed by atoms with Crippen LogP contribution in [0.2, 0.25) is 0 Å². The molecular weight excluding hydrogens is 240 g/mol. The molecule has 1 aromatic rings. The van der Waals surface area contributed by atoms with Crippen molar-refractivity contribution in [3.63, 3.8) is 0 Å². The lowest BCUT2D eigenvalue weighted by atomic mass is 10.1. The quantitative estimate of drug-likeness (QED) is 0.826. The van der Waals surface area contributed by atoms with E-state index in [0.29, 0.717) is 6.04 Å². The summed E-state index contributed by atoms with van der Waals surface area (Å²) in [7, 11) is 0. The third kappa shape index (κ3) is 3.80. The van der Waals surface area contributed by atoms with E-state index in [0.717, 1.165) is 57.1 Å². The molecule has 5 nitrogen and oxygen atoms in total. The van der Waals surface area contributed by atoms with Crippen LogP contribution in [0, 0.1) is 0 Å². The number of aromatic nitrogens is 2. The lowest BCUT2D eigenvalue weighted by Crippen LogP contribution is -2.31. The van der Waals surface area contributed by atoms with E-state index in [1.807, 2.05) is 0 Å². The molecule has 1 aliphatic rings. The molecule has 1 aromatic heterocycles. The van der Waals surface area contributed by atoms with Crippen molar-refractivity contribution in [2.45, 2.75) is 45.6 Å². The van der Waals surface area contributed by atoms with E-state index < -0.39 is 0 Å². The first kappa shape index (κ1) is 14.1. The number of anilines is 2. The molecule has 1 saturated heterocycles. The molecule has 2 rings (SSSR count). The van der Waals surface area contributed by atoms with Crippen LogP contribution in [-0.4, -0.2) is 35.8 Å². The molecule has 1 unspecified atom stereocenters. The Morgan fingerprint density at radius 3 is 2.84 bits per heavy atom. The third-order valence-electron chi connectivity index (χ3n) is 3.34. The number of hydrogen-bond donors (Lipinski definition) is 2. The summed E-state index contributed by atoms with van der Waals surface area (Å²) in [6.45, 7) is 6.88. The van der Waals surface area contributed by atoms with E-state index in [1.165, 1.54) is 5.56 Å². The minimum absolute atomic E-state index is 0.368. The average molecular weight is 264 g/mol. The van der Waals surface area contributed by atoms with Crippen molar-refractivity contribution in [3.8, 4) is 0 Å². The second-order valence-corrected chi connectivity index (χ2v) is 4.89. The monoisotopic (exact) mass is 264 g/mol. The Bertz CT molecular complexity index is 391. The molecule has 1 aliphatic heterocycles. The Kier molecular flexibility index (Phi) is 5.39. The van der Waals surface area contributed by atoms with Gasteiger partial charge in [-0.1, -0.05) is 13.8 Å². The molecule has 2 N–H and O–H groups in total. The SMILES string of the molecule is CCCNc1ncnc(NC2CCCOC2)c1CC. The summed E-state index contributed by atoms with van der Waals surface area (Å²) < 4.78 is 5.50. The third-order valence-corrected chi connectivity index (χ3v) is 3.34. The predicted molar refractivity (Wildman–Crippen MR) is 77.7 cm³/mol. The number of nitrogens with zero attached hydrogens (tertiary/aromatic N) is 2. The van der Waals surface area contributed by atoms with Crippen LogP contribution in [0.5, 0.6) is 0 Å². The van der Waals surface area contributed by atoms with Gasteiger partial charge in [0.1, 0.15) is 18.0 Å². The van der Waals surface area contributed by atoms with Crippen molar-refractivity contribution in [3.05, 3.63) is 11.9 Å². The number of hydrogen-bond acceptors (Lipinski definition) is 5. The van der Waals surface area contributed by atoms with E-state index in [-0.39, 0.29) is 0 Å². The van der Waals surface area contributed by atoms with E-state index in [9.17, 15) is 0 Å². The van der Waals surface area contributed by atoms with Gasteiger partial charge in [-0.2, -0.15) is 0 Å². The molecule has 0 radical (unpaired) electrons. The van der Waals surface area contributed by atoms with Gasteiger partial charge < -0.3 is 15.4 Å². The highest BCUT2D eigenvalue weighted by molar-refractivity contribution is 5.57. The first-order valence-corrected chi connectivity index (χ1v) is 7.27. The van der Waals surface area contributed by atoms with Gasteiger partial charge in [0.25, 0.3) is 0 Å². The van der Waals surface area contributed by atoms with Crippen LogP contribution in [0.25, 0.3) is 0 Å². The fourth-order valence-corrected chi connectivity index (χ4v) is 2.32. The van der Waals surface area contributed by atoms with Gasteiger partial charge in [0.15, 0.2) is 0 Å². The molecule has 0 aromatic carbocycles. The van der Waals surface area contributed by atoms with E-state index in [4.69, 9.17) is 4.74 Å². The van der Waals surface area contributed by atoms with Crippen molar-refractivity contribution in [2.24, 2.45) is 0 Å². The maximum Gasteiger partial charge on any atom is 0.135 e. The highest BCUT2D eigenvalue weighted by Crippen LogP contribution is 2.22. The molecule has 0 aliphatic carbocycles. The van der Waals surface area contributed by atoms with Crippen molar-refractivity contribution < 1.29 is 4.74 Å². The standard InChI is InChI=1S/C14H24N4O/c1-3-7-15-13-12(4-2)14(17-10-16-13)18-11-6-5-8-19-9-11/h10-11H,3-9H2,1-2H3,(H2,15,16,17,18). The summed E-state index contributed by atoms with van der Waals surface area (Å²) in [4.78, 5) is 8.74. The Morgan fingerprint density at radius 1 is 1.32 bits per heavy atom. The van der Waals surface area contributed by atoms with E-state index >= 15 is 0 Å². The first-order chi connectivity index (χ1) is 9.35. The van der Waals surface area contributed by atoms with Crippen LogP contribution < -0.4 is 10.6 Å². The highest BCUT2D eigenvalue weighted by atomic mass is 16.5. The molecule has 1 fully saturated rings. The summed E-state index contributed by atoms with van der Waals surface area (Å²) >= 11 is 0. The summed E-state index contributed by atoms with van der Waals surface area (Å²) in [6, 6.07) is 0.368. The van der Waals surface area contributed by atoms with Gasteiger partial charge in [-0.15, -0.1) is 0 Å². The normalized spacial score (nSPS) is 19.2. The number of nitrogens with one attached hydrogen (secondary N) is 2. The number of rotatable bonds is 6. The van der Waals surface area contributed by atoms with Gasteiger partial charge >= 0.3 is 0 Å². The Morgan fingerprint density at radius 2 is 2.16 bits per heavy atom. The number of ether oxygens (including phenoxy) is 1. The largest absolute Gasteiger partial charge is 0.379 e. The van der Waals surface area contributed by atoms with Gasteiger partial charge in [0.05, 0.1) is 12.6 Å². The fourth-order valence-electron chi connectivity index (χ4n) is 2.32. The van der Waals surface area contributed by atoms with Gasteiger partial charge in [0, 0.05) is 18.7 Å². The predicted octanol–water partition coefficient (Wildman–Crippen LogP) is 2.45. The molecule has 0 amide bonds. The van der Waals surface area contributed by atoms with Crippen LogP contribution in [-0.2, 0) is 11.2 Å². The molecular formula is C14H24N4O. The minimum atomic E-state index is 0.368. The van der Waals surface area contributed by atoms with Crippen LogP contribution in [0.15, 0.2) is 6.33 Å². The van der Waals surface area contributed by atoms with Crippen molar-refractivity contribution in [1.82, 2.24) is 9.97 Å². The molecule has 0 spiro atoms. The molecule has 106 valence electrons. The van der Waals surface area contributed by atoms with E-state index in [2.05, 4.69) is 34.4 Å². The zero-order chi connectivity index (χ0) is 13.5. The molecule has 0 saturated carbocycles. The molecule has 1 atom stereocenters. The smallest absolute Gasteiger partial charge is 0.135 e. The van der Waals surface area contributed by atoms with Crippen molar-refractivity contribution in [1.29, 1.82) is 0 Å². The Balaban J connectivity index is 2.09. The summed E-state index contributed by atoms with van der Waals surface area (Å²) in [6.07, 6.45) is 5.90. The maximum atomic E-state index is 5.50. The second-order valence-electron chi connectivity index (χ2n) is 4.89. The van der Waals surface area contributed by atoms with Crippen LogP contribution in [0.4, 0.5) is 11.6 Å². The van der Waals surface area contributed by atoms with Gasteiger partial charge in [-0.05, 0) is 25.7 Å². The van der Waals surface area contributed by atoms with Gasteiger partial charge in [-0.25, -0.2) is 9.97 Å². The molecule has 2 heterocycles. The maximum absolute atomic E-state index is 5.50. The van der Waals surface area contributed by atoms with Crippen LogP contribution >= 0.6 is 0 Å². The van der Waals surface area contributed by atoms with Crippen LogP contribution in [0.1, 0.15) is 38.7 Å². The van der Waals surface area contributed by atoms with Crippen molar-refractivity contribution >= 4 is 11.6 Å². The zero-order valence-corrected chi connectivity index (χ0v) is 11.9. The molecule has 5 heteroatoms. The zero-order valence-electron chi connectivity index (χ0n) is 11.9. The first-order valence-electron chi connectivity index (χ1n) is 7.27. The topological polar surface area (TPSA) is 59.1 Å². The fraction of sp³-hybridized carbons (Fsp3) is 0.714. The second kappa shape index (κ2) is 7.28. The minimum Gasteiger partial charge on any atom is -0.379 e. The van der Waals surface area contributed by atoms with Crippen LogP contribution in [0.3, 0.4) is 0 Å². The highest BCUT2D eigenvalue weighted by Gasteiger charge is 2.17. The van der Waals surface area contributed by atoms with Gasteiger partial charge in [0.2, 0.25) is 0 Å². The average Bonchev–Trinajstić information content (AvgIpc) is 2.46. The van der Waals surface area contributed by atoms with Crippen molar-refractivity contribution in [2.75, 3.05) is 30.4 Å². The summed E-state index contributed by atoms with van der Waals surface area (Å²) in [5, 5.41) is 6.87. The summed E-state index contributed by atoms with van der Waals surface area (Å²) in [5.41, 5.74) is 1.17. The lowest BCUT2D eigenvalue weighted by Gasteiger charge is -2.25. The molecule has 19 heavy (non-hydrogen) atoms. The summed E-state index contributed by atoms with van der Waals surface area (Å²) in [5.74, 6) is 1.91. The Hall–Kier alpha value is -1.36.